The molecule has 2 aromatic rings. The Balaban J connectivity index is 2.13. The molecule has 2 aromatic carbocycles. The van der Waals surface area contributed by atoms with E-state index >= 15 is 0 Å². The third kappa shape index (κ3) is 4.23. The van der Waals surface area contributed by atoms with Crippen molar-refractivity contribution in [3.05, 3.63) is 52.5 Å². The SMILES string of the molecule is COc1ccc(Cl)cc1NC(=O)C(=O)Nc1cc(C)ccc1C. The van der Waals surface area contributed by atoms with E-state index in [1.807, 2.05) is 26.0 Å². The summed E-state index contributed by atoms with van der Waals surface area (Å²) in [7, 11) is 1.47. The van der Waals surface area contributed by atoms with Gasteiger partial charge in [-0.05, 0) is 49.2 Å². The highest BCUT2D eigenvalue weighted by Crippen LogP contribution is 2.27. The lowest BCUT2D eigenvalue weighted by molar-refractivity contribution is -0.133. The maximum absolute atomic E-state index is 12.1. The first-order valence-electron chi connectivity index (χ1n) is 6.94. The number of hydrogen-bond donors (Lipinski definition) is 2. The van der Waals surface area contributed by atoms with Gasteiger partial charge in [0, 0.05) is 10.7 Å². The number of aryl methyl sites for hydroxylation is 2. The maximum atomic E-state index is 12.1. The van der Waals surface area contributed by atoms with Crippen molar-refractivity contribution in [2.24, 2.45) is 0 Å². The van der Waals surface area contributed by atoms with E-state index in [4.69, 9.17) is 16.3 Å². The van der Waals surface area contributed by atoms with E-state index in [0.29, 0.717) is 22.1 Å². The molecular formula is C17H17ClN2O3. The Morgan fingerprint density at radius 2 is 1.61 bits per heavy atom. The number of amides is 2. The highest BCUT2D eigenvalue weighted by molar-refractivity contribution is 6.44. The molecule has 120 valence electrons. The number of hydrogen-bond acceptors (Lipinski definition) is 3. The fourth-order valence-corrected chi connectivity index (χ4v) is 2.18. The van der Waals surface area contributed by atoms with Gasteiger partial charge in [0.25, 0.3) is 0 Å². The van der Waals surface area contributed by atoms with Gasteiger partial charge in [0.05, 0.1) is 12.8 Å². The van der Waals surface area contributed by atoms with E-state index in [9.17, 15) is 9.59 Å². The van der Waals surface area contributed by atoms with E-state index in [-0.39, 0.29) is 0 Å². The largest absolute Gasteiger partial charge is 0.495 e. The van der Waals surface area contributed by atoms with Crippen molar-refractivity contribution in [1.82, 2.24) is 0 Å². The lowest BCUT2D eigenvalue weighted by Gasteiger charge is -2.12. The summed E-state index contributed by atoms with van der Waals surface area (Å²) in [4.78, 5) is 24.1. The second-order valence-corrected chi connectivity index (χ2v) is 5.51. The summed E-state index contributed by atoms with van der Waals surface area (Å²) in [5.41, 5.74) is 2.80. The van der Waals surface area contributed by atoms with Crippen LogP contribution in [0.25, 0.3) is 0 Å². The Labute approximate surface area is 139 Å². The molecule has 5 nitrogen and oxygen atoms in total. The van der Waals surface area contributed by atoms with Crippen LogP contribution in [-0.4, -0.2) is 18.9 Å². The van der Waals surface area contributed by atoms with Gasteiger partial charge in [-0.2, -0.15) is 0 Å². The standard InChI is InChI=1S/C17H17ClN2O3/c1-10-4-5-11(2)13(8-10)19-16(21)17(22)20-14-9-12(18)6-7-15(14)23-3/h4-9H,1-3H3,(H,19,21)(H,20,22). The second-order valence-electron chi connectivity index (χ2n) is 5.07. The third-order valence-electron chi connectivity index (χ3n) is 3.26. The van der Waals surface area contributed by atoms with Crippen molar-refractivity contribution in [2.45, 2.75) is 13.8 Å². The van der Waals surface area contributed by atoms with Crippen LogP contribution in [-0.2, 0) is 9.59 Å². The third-order valence-corrected chi connectivity index (χ3v) is 3.49. The van der Waals surface area contributed by atoms with E-state index in [1.165, 1.54) is 13.2 Å². The van der Waals surface area contributed by atoms with Crippen LogP contribution in [0.3, 0.4) is 0 Å². The molecule has 0 radical (unpaired) electrons. The van der Waals surface area contributed by atoms with Gasteiger partial charge in [0.1, 0.15) is 5.75 Å². The number of carbonyl (C=O) groups excluding carboxylic acids is 2. The molecule has 0 aliphatic rings. The monoisotopic (exact) mass is 332 g/mol. The molecule has 2 N–H and O–H groups in total. The molecule has 0 fully saturated rings. The van der Waals surface area contributed by atoms with Crippen molar-refractivity contribution >= 4 is 34.8 Å². The van der Waals surface area contributed by atoms with Crippen LogP contribution in [0.4, 0.5) is 11.4 Å². The first-order valence-corrected chi connectivity index (χ1v) is 7.31. The summed E-state index contributed by atoms with van der Waals surface area (Å²) in [6.07, 6.45) is 0. The maximum Gasteiger partial charge on any atom is 0.314 e. The van der Waals surface area contributed by atoms with E-state index in [0.717, 1.165) is 11.1 Å². The summed E-state index contributed by atoms with van der Waals surface area (Å²) in [6.45, 7) is 3.76. The molecule has 0 saturated heterocycles. The van der Waals surface area contributed by atoms with Crippen LogP contribution in [0, 0.1) is 13.8 Å². The molecular weight excluding hydrogens is 316 g/mol. The van der Waals surface area contributed by atoms with Gasteiger partial charge in [0.2, 0.25) is 0 Å². The van der Waals surface area contributed by atoms with Crippen molar-refractivity contribution in [3.8, 4) is 5.75 Å². The lowest BCUT2D eigenvalue weighted by atomic mass is 10.1. The number of halogens is 1. The molecule has 0 heterocycles. The molecule has 0 unspecified atom stereocenters. The van der Waals surface area contributed by atoms with Gasteiger partial charge < -0.3 is 15.4 Å². The van der Waals surface area contributed by atoms with Gasteiger partial charge in [-0.1, -0.05) is 23.7 Å². The molecule has 6 heteroatoms. The second kappa shape index (κ2) is 7.15. The molecule has 2 rings (SSSR count). The summed E-state index contributed by atoms with van der Waals surface area (Å²) < 4.78 is 5.13. The summed E-state index contributed by atoms with van der Waals surface area (Å²) in [6, 6.07) is 10.4. The highest BCUT2D eigenvalue weighted by Gasteiger charge is 2.17. The Kier molecular flexibility index (Phi) is 5.24. The van der Waals surface area contributed by atoms with Crippen molar-refractivity contribution in [3.63, 3.8) is 0 Å². The van der Waals surface area contributed by atoms with Crippen LogP contribution >= 0.6 is 11.6 Å². The summed E-state index contributed by atoms with van der Waals surface area (Å²) >= 11 is 5.90. The number of carbonyl (C=O) groups is 2. The first-order chi connectivity index (χ1) is 10.9. The number of anilines is 2. The molecule has 2 amide bonds. The highest BCUT2D eigenvalue weighted by atomic mass is 35.5. The molecule has 0 aromatic heterocycles. The fraction of sp³-hybridized carbons (Fsp3) is 0.176. The zero-order valence-corrected chi connectivity index (χ0v) is 13.8. The predicted octanol–water partition coefficient (Wildman–Crippen LogP) is 3.54. The summed E-state index contributed by atoms with van der Waals surface area (Å²) in [5, 5.41) is 5.52. The van der Waals surface area contributed by atoms with Crippen LogP contribution in [0.15, 0.2) is 36.4 Å². The van der Waals surface area contributed by atoms with E-state index in [1.54, 1.807) is 18.2 Å². The number of benzene rings is 2. The minimum absolute atomic E-state index is 0.334. The van der Waals surface area contributed by atoms with E-state index in [2.05, 4.69) is 10.6 Å². The van der Waals surface area contributed by atoms with Crippen LogP contribution in [0.1, 0.15) is 11.1 Å². The predicted molar refractivity (Wildman–Crippen MR) is 91.2 cm³/mol. The topological polar surface area (TPSA) is 67.4 Å². The molecule has 0 atom stereocenters. The molecule has 23 heavy (non-hydrogen) atoms. The van der Waals surface area contributed by atoms with Crippen molar-refractivity contribution in [2.75, 3.05) is 17.7 Å². The van der Waals surface area contributed by atoms with Gasteiger partial charge in [-0.15, -0.1) is 0 Å². The zero-order valence-electron chi connectivity index (χ0n) is 13.1. The molecule has 0 aliphatic carbocycles. The quantitative estimate of drug-likeness (QED) is 0.845. The number of ether oxygens (including phenoxy) is 1. The Morgan fingerprint density at radius 1 is 0.957 bits per heavy atom. The first kappa shape index (κ1) is 16.8. The Hall–Kier alpha value is -2.53. The number of nitrogens with one attached hydrogen (secondary N) is 2. The zero-order chi connectivity index (χ0) is 17.0. The normalized spacial score (nSPS) is 10.1. The number of rotatable bonds is 3. The fourth-order valence-electron chi connectivity index (χ4n) is 2.01. The average Bonchev–Trinajstić information content (AvgIpc) is 2.51. The Morgan fingerprint density at radius 3 is 2.26 bits per heavy atom. The van der Waals surface area contributed by atoms with Gasteiger partial charge in [-0.25, -0.2) is 0 Å². The molecule has 0 aliphatic heterocycles. The Bertz CT molecular complexity index is 759. The minimum Gasteiger partial charge on any atom is -0.495 e. The molecule has 0 saturated carbocycles. The van der Waals surface area contributed by atoms with Gasteiger partial charge in [-0.3, -0.25) is 9.59 Å². The van der Waals surface area contributed by atoms with Crippen molar-refractivity contribution < 1.29 is 14.3 Å². The van der Waals surface area contributed by atoms with Gasteiger partial charge >= 0.3 is 11.8 Å². The smallest absolute Gasteiger partial charge is 0.314 e. The lowest BCUT2D eigenvalue weighted by Crippen LogP contribution is -2.29. The molecule has 0 spiro atoms. The van der Waals surface area contributed by atoms with E-state index < -0.39 is 11.8 Å². The van der Waals surface area contributed by atoms with Crippen LogP contribution in [0.2, 0.25) is 5.02 Å². The van der Waals surface area contributed by atoms with Crippen LogP contribution in [0.5, 0.6) is 5.75 Å². The molecule has 0 bridgehead atoms. The number of methoxy groups -OCH3 is 1. The average molecular weight is 333 g/mol. The minimum atomic E-state index is -0.800. The van der Waals surface area contributed by atoms with Crippen LogP contribution < -0.4 is 15.4 Å². The van der Waals surface area contributed by atoms with Crippen molar-refractivity contribution in [1.29, 1.82) is 0 Å². The van der Waals surface area contributed by atoms with Gasteiger partial charge in [0.15, 0.2) is 0 Å². The summed E-state index contributed by atoms with van der Waals surface area (Å²) in [5.74, 6) is -1.14.